The number of hydrogen-bond donors (Lipinski definition) is 1. The smallest absolute Gasteiger partial charge is 0.220 e. The highest BCUT2D eigenvalue weighted by Crippen LogP contribution is 2.27. The average Bonchev–Trinajstić information content (AvgIpc) is 3.26. The van der Waals surface area contributed by atoms with Gasteiger partial charge in [-0.25, -0.2) is 0 Å². The van der Waals surface area contributed by atoms with Crippen LogP contribution in [0.1, 0.15) is 46.0 Å². The largest absolute Gasteiger partial charge is 0.356 e. The lowest BCUT2D eigenvalue weighted by Crippen LogP contribution is -2.26. The van der Waals surface area contributed by atoms with Crippen LogP contribution in [0.25, 0.3) is 0 Å². The summed E-state index contributed by atoms with van der Waals surface area (Å²) in [5, 5.41) is 4.84. The van der Waals surface area contributed by atoms with Gasteiger partial charge in [0, 0.05) is 25.3 Å². The molecule has 0 fully saturated rings. The van der Waals surface area contributed by atoms with Gasteiger partial charge in [0.25, 0.3) is 0 Å². The third-order valence-corrected chi connectivity index (χ3v) is 5.45. The number of hydrogen-bond acceptors (Lipinski definition) is 3. The number of amides is 1. The molecule has 3 nitrogen and oxygen atoms in total. The van der Waals surface area contributed by atoms with Crippen LogP contribution < -0.4 is 5.32 Å². The second kappa shape index (κ2) is 9.83. The standard InChI is InChI=1S/C23H23NO2S/c25-21(22-12-7-17-27-22)13-14-23(26)24-16-15-20(18-8-3-1-4-9-18)19-10-5-2-6-11-19/h1-12,17,20H,13-16H2,(H,24,26). The number of Topliss-reactive ketones (excluding diaryl/α,β-unsaturated/α-hetero) is 1. The van der Waals surface area contributed by atoms with Crippen LogP contribution in [0.15, 0.2) is 78.2 Å². The molecule has 0 atom stereocenters. The van der Waals surface area contributed by atoms with Crippen molar-refractivity contribution in [1.29, 1.82) is 0 Å². The molecule has 138 valence electrons. The van der Waals surface area contributed by atoms with Crippen molar-refractivity contribution in [3.63, 3.8) is 0 Å². The maximum Gasteiger partial charge on any atom is 0.220 e. The molecule has 4 heteroatoms. The van der Waals surface area contributed by atoms with Crippen molar-refractivity contribution in [2.75, 3.05) is 6.54 Å². The number of thiophene rings is 1. The SMILES string of the molecule is O=C(CCC(=O)c1cccs1)NCCC(c1ccccc1)c1ccccc1. The number of carbonyl (C=O) groups excluding carboxylic acids is 2. The highest BCUT2D eigenvalue weighted by atomic mass is 32.1. The van der Waals surface area contributed by atoms with E-state index >= 15 is 0 Å². The lowest BCUT2D eigenvalue weighted by Gasteiger charge is -2.18. The lowest BCUT2D eigenvalue weighted by molar-refractivity contribution is -0.121. The molecule has 0 aliphatic rings. The van der Waals surface area contributed by atoms with Gasteiger partial charge in [-0.2, -0.15) is 0 Å². The third-order valence-electron chi connectivity index (χ3n) is 4.53. The molecule has 3 rings (SSSR count). The van der Waals surface area contributed by atoms with Gasteiger partial charge in [-0.15, -0.1) is 11.3 Å². The van der Waals surface area contributed by atoms with Crippen molar-refractivity contribution in [2.24, 2.45) is 0 Å². The molecular formula is C23H23NO2S. The fourth-order valence-corrected chi connectivity index (χ4v) is 3.82. The molecule has 3 aromatic rings. The summed E-state index contributed by atoms with van der Waals surface area (Å²) in [4.78, 5) is 24.8. The van der Waals surface area contributed by atoms with E-state index in [4.69, 9.17) is 0 Å². The van der Waals surface area contributed by atoms with E-state index in [0.717, 1.165) is 11.3 Å². The summed E-state index contributed by atoms with van der Waals surface area (Å²) in [5.74, 6) is 0.201. The Balaban J connectivity index is 1.52. The number of benzene rings is 2. The Bertz CT molecular complexity index is 805. The van der Waals surface area contributed by atoms with Gasteiger partial charge in [-0.05, 0) is 29.0 Å². The molecule has 1 heterocycles. The van der Waals surface area contributed by atoms with Gasteiger partial charge in [0.2, 0.25) is 5.91 Å². The Kier molecular flexibility index (Phi) is 6.94. The van der Waals surface area contributed by atoms with E-state index in [-0.39, 0.29) is 30.4 Å². The Morgan fingerprint density at radius 3 is 2.00 bits per heavy atom. The molecular weight excluding hydrogens is 354 g/mol. The van der Waals surface area contributed by atoms with Gasteiger partial charge in [0.1, 0.15) is 0 Å². The van der Waals surface area contributed by atoms with Gasteiger partial charge in [-0.3, -0.25) is 9.59 Å². The van der Waals surface area contributed by atoms with Crippen LogP contribution in [-0.4, -0.2) is 18.2 Å². The fourth-order valence-electron chi connectivity index (χ4n) is 3.13. The van der Waals surface area contributed by atoms with Crippen LogP contribution in [0, 0.1) is 0 Å². The minimum atomic E-state index is -0.0696. The molecule has 0 aliphatic carbocycles. The zero-order valence-corrected chi connectivity index (χ0v) is 16.0. The van der Waals surface area contributed by atoms with Crippen molar-refractivity contribution in [1.82, 2.24) is 5.32 Å². The van der Waals surface area contributed by atoms with E-state index in [1.165, 1.54) is 22.5 Å². The maximum atomic E-state index is 12.1. The first-order chi connectivity index (χ1) is 13.2. The first kappa shape index (κ1) is 19.1. The van der Waals surface area contributed by atoms with E-state index in [1.54, 1.807) is 6.07 Å². The van der Waals surface area contributed by atoms with Crippen LogP contribution in [0.5, 0.6) is 0 Å². The van der Waals surface area contributed by atoms with Gasteiger partial charge in [0.15, 0.2) is 5.78 Å². The Labute approximate surface area is 164 Å². The zero-order valence-electron chi connectivity index (χ0n) is 15.1. The van der Waals surface area contributed by atoms with Crippen LogP contribution in [0.3, 0.4) is 0 Å². The quantitative estimate of drug-likeness (QED) is 0.531. The topological polar surface area (TPSA) is 46.2 Å². The predicted octanol–water partition coefficient (Wildman–Crippen LogP) is 5.05. The van der Waals surface area contributed by atoms with E-state index in [0.29, 0.717) is 6.54 Å². The summed E-state index contributed by atoms with van der Waals surface area (Å²) in [5.41, 5.74) is 2.48. The minimum absolute atomic E-state index is 0.0339. The molecule has 1 amide bonds. The van der Waals surface area contributed by atoms with Crippen molar-refractivity contribution < 1.29 is 9.59 Å². The number of ketones is 1. The van der Waals surface area contributed by atoms with Crippen molar-refractivity contribution in [3.05, 3.63) is 94.2 Å². The lowest BCUT2D eigenvalue weighted by atomic mass is 9.88. The molecule has 2 aromatic carbocycles. The van der Waals surface area contributed by atoms with Gasteiger partial charge < -0.3 is 5.32 Å². The van der Waals surface area contributed by atoms with Crippen LogP contribution in [-0.2, 0) is 4.79 Å². The summed E-state index contributed by atoms with van der Waals surface area (Å²) in [6.07, 6.45) is 1.31. The molecule has 0 bridgehead atoms. The van der Waals surface area contributed by atoms with Crippen molar-refractivity contribution in [2.45, 2.75) is 25.2 Å². The van der Waals surface area contributed by atoms with E-state index < -0.39 is 0 Å². The second-order valence-corrected chi connectivity index (χ2v) is 7.36. The first-order valence-corrected chi connectivity index (χ1v) is 10.1. The molecule has 0 radical (unpaired) electrons. The third kappa shape index (κ3) is 5.63. The normalized spacial score (nSPS) is 10.7. The van der Waals surface area contributed by atoms with Crippen LogP contribution in [0.4, 0.5) is 0 Å². The molecule has 0 spiro atoms. The molecule has 0 saturated heterocycles. The van der Waals surface area contributed by atoms with Crippen molar-refractivity contribution in [3.8, 4) is 0 Å². The second-order valence-electron chi connectivity index (χ2n) is 6.41. The molecule has 0 saturated carbocycles. The summed E-state index contributed by atoms with van der Waals surface area (Å²) in [6, 6.07) is 24.3. The van der Waals surface area contributed by atoms with E-state index in [9.17, 15) is 9.59 Å². The summed E-state index contributed by atoms with van der Waals surface area (Å²) in [7, 11) is 0. The first-order valence-electron chi connectivity index (χ1n) is 9.17. The highest BCUT2D eigenvalue weighted by Gasteiger charge is 2.15. The fraction of sp³-hybridized carbons (Fsp3) is 0.217. The summed E-state index contributed by atoms with van der Waals surface area (Å²) >= 11 is 1.42. The van der Waals surface area contributed by atoms with Crippen LogP contribution in [0.2, 0.25) is 0 Å². The number of carbonyl (C=O) groups is 2. The molecule has 1 aromatic heterocycles. The summed E-state index contributed by atoms with van der Waals surface area (Å²) < 4.78 is 0. The number of rotatable bonds is 9. The Morgan fingerprint density at radius 2 is 1.44 bits per heavy atom. The highest BCUT2D eigenvalue weighted by molar-refractivity contribution is 7.12. The van der Waals surface area contributed by atoms with Crippen LogP contribution >= 0.6 is 11.3 Å². The van der Waals surface area contributed by atoms with E-state index in [2.05, 4.69) is 29.6 Å². The minimum Gasteiger partial charge on any atom is -0.356 e. The van der Waals surface area contributed by atoms with Gasteiger partial charge >= 0.3 is 0 Å². The molecule has 0 unspecified atom stereocenters. The monoisotopic (exact) mass is 377 g/mol. The number of nitrogens with one attached hydrogen (secondary N) is 1. The maximum absolute atomic E-state index is 12.1. The van der Waals surface area contributed by atoms with E-state index in [1.807, 2.05) is 47.8 Å². The van der Waals surface area contributed by atoms with Gasteiger partial charge in [0.05, 0.1) is 4.88 Å². The average molecular weight is 378 g/mol. The predicted molar refractivity (Wildman–Crippen MR) is 110 cm³/mol. The summed E-state index contributed by atoms with van der Waals surface area (Å²) in [6.45, 7) is 0.584. The Morgan fingerprint density at radius 1 is 0.815 bits per heavy atom. The zero-order chi connectivity index (χ0) is 18.9. The molecule has 1 N–H and O–H groups in total. The van der Waals surface area contributed by atoms with Gasteiger partial charge in [-0.1, -0.05) is 66.7 Å². The van der Waals surface area contributed by atoms with Crippen molar-refractivity contribution >= 4 is 23.0 Å². The molecule has 0 aliphatic heterocycles. The molecule has 27 heavy (non-hydrogen) atoms. The Hall–Kier alpha value is -2.72.